The molecule has 0 amide bonds. The highest BCUT2D eigenvalue weighted by atomic mass is 28.4. The second-order valence-corrected chi connectivity index (χ2v) is 15.0. The van der Waals surface area contributed by atoms with E-state index in [2.05, 4.69) is 46.2 Å². The molecule has 0 saturated heterocycles. The van der Waals surface area contributed by atoms with Crippen LogP contribution in [0.2, 0.25) is 39.3 Å². The molecule has 0 radical (unpaired) electrons. The molecule has 0 aliphatic heterocycles. The average molecular weight is 246 g/mol. The van der Waals surface area contributed by atoms with Gasteiger partial charge in [-0.2, -0.15) is 0 Å². The summed E-state index contributed by atoms with van der Waals surface area (Å²) in [5, 5.41) is 0. The zero-order chi connectivity index (χ0) is 12.1. The monoisotopic (exact) mass is 245 g/mol. The average Bonchev–Trinajstić information content (AvgIpc) is 1.94. The quantitative estimate of drug-likeness (QED) is 0.403. The van der Waals surface area contributed by atoms with Gasteiger partial charge in [0.15, 0.2) is 14.1 Å². The smallest absolute Gasteiger partial charge is 0.243 e. The van der Waals surface area contributed by atoms with Crippen LogP contribution in [0.1, 0.15) is 26.2 Å². The normalized spacial score (nSPS) is 14.2. The topological polar surface area (TPSA) is 21.6 Å². The number of nitrogens with zero attached hydrogens (tertiary/aromatic N) is 1. The van der Waals surface area contributed by atoms with Crippen LogP contribution in [0, 0.1) is 0 Å². The summed E-state index contributed by atoms with van der Waals surface area (Å²) in [7, 11) is -2.86. The fourth-order valence-corrected chi connectivity index (χ4v) is 3.04. The van der Waals surface area contributed by atoms with Gasteiger partial charge in [-0.15, -0.1) is 0 Å². The SMILES string of the molecule is CCCC/C(=N/[Si](C)(C)C)O[Si](C)(C)C. The molecule has 90 valence electrons. The lowest BCUT2D eigenvalue weighted by molar-refractivity contribution is 0.527. The van der Waals surface area contributed by atoms with E-state index >= 15 is 0 Å². The molecular weight excluding hydrogens is 218 g/mol. The van der Waals surface area contributed by atoms with E-state index in [4.69, 9.17) is 9.08 Å². The van der Waals surface area contributed by atoms with E-state index < -0.39 is 16.6 Å². The predicted octanol–water partition coefficient (Wildman–Crippen LogP) is 4.26. The summed E-state index contributed by atoms with van der Waals surface area (Å²) in [6.07, 6.45) is 3.42. The van der Waals surface area contributed by atoms with Gasteiger partial charge >= 0.3 is 0 Å². The van der Waals surface area contributed by atoms with Crippen LogP contribution in [0.3, 0.4) is 0 Å². The van der Waals surface area contributed by atoms with Crippen molar-refractivity contribution in [1.82, 2.24) is 0 Å². The van der Waals surface area contributed by atoms with Gasteiger partial charge in [0.1, 0.15) is 0 Å². The van der Waals surface area contributed by atoms with E-state index in [1.807, 2.05) is 0 Å². The Kier molecular flexibility index (Phi) is 5.81. The first kappa shape index (κ1) is 14.9. The Morgan fingerprint density at radius 2 is 1.60 bits per heavy atom. The molecule has 2 nitrogen and oxygen atoms in total. The number of hydrogen-bond donors (Lipinski definition) is 0. The van der Waals surface area contributed by atoms with Crippen molar-refractivity contribution in [3.63, 3.8) is 0 Å². The standard InChI is InChI=1S/C11H27NOSi2/c1-8-9-10-11(12-14(2,3)4)13-15(5,6)7/h8-10H2,1-7H3/b12-11-. The Bertz CT molecular complexity index is 214. The summed E-state index contributed by atoms with van der Waals surface area (Å²) in [5.41, 5.74) is 0. The third-order valence-corrected chi connectivity index (χ3v) is 3.40. The van der Waals surface area contributed by atoms with Crippen molar-refractivity contribution in [3.05, 3.63) is 0 Å². The van der Waals surface area contributed by atoms with Crippen molar-refractivity contribution < 1.29 is 4.43 Å². The van der Waals surface area contributed by atoms with Crippen LogP contribution in [0.4, 0.5) is 0 Å². The molecule has 0 aromatic heterocycles. The highest BCUT2D eigenvalue weighted by Crippen LogP contribution is 2.12. The van der Waals surface area contributed by atoms with Crippen LogP contribution in [-0.4, -0.2) is 22.5 Å². The van der Waals surface area contributed by atoms with Crippen molar-refractivity contribution in [2.24, 2.45) is 4.66 Å². The molecule has 0 aliphatic rings. The zero-order valence-corrected chi connectivity index (χ0v) is 13.5. The molecule has 0 fully saturated rings. The van der Waals surface area contributed by atoms with E-state index in [1.165, 1.54) is 12.8 Å². The second-order valence-electron chi connectivity index (χ2n) is 5.99. The van der Waals surface area contributed by atoms with Gasteiger partial charge in [0.05, 0.1) is 0 Å². The van der Waals surface area contributed by atoms with Crippen molar-refractivity contribution >= 4 is 22.5 Å². The molecule has 4 heteroatoms. The van der Waals surface area contributed by atoms with Crippen molar-refractivity contribution in [2.75, 3.05) is 0 Å². The Labute approximate surface area is 97.4 Å². The lowest BCUT2D eigenvalue weighted by atomic mass is 10.2. The van der Waals surface area contributed by atoms with Crippen molar-refractivity contribution in [2.45, 2.75) is 65.5 Å². The number of unbranched alkanes of at least 4 members (excludes halogenated alkanes) is 1. The second kappa shape index (κ2) is 5.84. The molecule has 0 aromatic carbocycles. The lowest BCUT2D eigenvalue weighted by Crippen LogP contribution is -2.31. The van der Waals surface area contributed by atoms with Crippen LogP contribution in [0.15, 0.2) is 4.66 Å². The molecule has 0 spiro atoms. The maximum absolute atomic E-state index is 6.04. The zero-order valence-electron chi connectivity index (χ0n) is 11.5. The Morgan fingerprint density at radius 1 is 1.07 bits per heavy atom. The van der Waals surface area contributed by atoms with Crippen LogP contribution in [-0.2, 0) is 4.43 Å². The highest BCUT2D eigenvalue weighted by Gasteiger charge is 2.20. The van der Waals surface area contributed by atoms with Crippen LogP contribution >= 0.6 is 0 Å². The van der Waals surface area contributed by atoms with Gasteiger partial charge < -0.3 is 4.43 Å². The van der Waals surface area contributed by atoms with E-state index in [0.29, 0.717) is 0 Å². The summed E-state index contributed by atoms with van der Waals surface area (Å²) in [5.74, 6) is 1.02. The minimum Gasteiger partial charge on any atom is -0.535 e. The molecule has 0 N–H and O–H groups in total. The molecule has 0 rings (SSSR count). The van der Waals surface area contributed by atoms with Gasteiger partial charge in [0, 0.05) is 6.42 Å². The van der Waals surface area contributed by atoms with Gasteiger partial charge in [-0.3, -0.25) is 4.66 Å². The van der Waals surface area contributed by atoms with E-state index in [-0.39, 0.29) is 0 Å². The van der Waals surface area contributed by atoms with E-state index in [1.54, 1.807) is 0 Å². The fourth-order valence-electron chi connectivity index (χ4n) is 1.19. The third kappa shape index (κ3) is 10.2. The maximum Gasteiger partial charge on any atom is 0.243 e. The van der Waals surface area contributed by atoms with Gasteiger partial charge in [0.2, 0.25) is 8.32 Å². The molecule has 0 atom stereocenters. The number of hydrogen-bond acceptors (Lipinski definition) is 2. The maximum atomic E-state index is 6.04. The molecule has 15 heavy (non-hydrogen) atoms. The van der Waals surface area contributed by atoms with Crippen LogP contribution in [0.5, 0.6) is 0 Å². The highest BCUT2D eigenvalue weighted by molar-refractivity contribution is 6.76. The molecular formula is C11H27NOSi2. The van der Waals surface area contributed by atoms with Gasteiger partial charge in [-0.05, 0) is 45.7 Å². The molecule has 0 bridgehead atoms. The van der Waals surface area contributed by atoms with Gasteiger partial charge in [0.25, 0.3) is 0 Å². The molecule has 0 aliphatic carbocycles. The predicted molar refractivity (Wildman–Crippen MR) is 74.7 cm³/mol. The van der Waals surface area contributed by atoms with Crippen LogP contribution < -0.4 is 0 Å². The summed E-state index contributed by atoms with van der Waals surface area (Å²) in [6, 6.07) is 0. The number of rotatable bonds is 5. The van der Waals surface area contributed by atoms with Crippen molar-refractivity contribution in [3.8, 4) is 0 Å². The van der Waals surface area contributed by atoms with Crippen molar-refractivity contribution in [1.29, 1.82) is 0 Å². The Balaban J connectivity index is 4.52. The third-order valence-electron chi connectivity index (χ3n) is 1.63. The van der Waals surface area contributed by atoms with Gasteiger partial charge in [-0.25, -0.2) is 0 Å². The first-order valence-electron chi connectivity index (χ1n) is 5.92. The van der Waals surface area contributed by atoms with E-state index in [0.717, 1.165) is 12.3 Å². The largest absolute Gasteiger partial charge is 0.535 e. The molecule has 0 saturated carbocycles. The van der Waals surface area contributed by atoms with Gasteiger partial charge in [-0.1, -0.05) is 13.3 Å². The minimum atomic E-state index is -1.48. The summed E-state index contributed by atoms with van der Waals surface area (Å²) in [6.45, 7) is 15.6. The minimum absolute atomic E-state index is 1.02. The van der Waals surface area contributed by atoms with E-state index in [9.17, 15) is 0 Å². The molecule has 0 heterocycles. The lowest BCUT2D eigenvalue weighted by Gasteiger charge is -2.23. The Hall–Kier alpha value is -0.0962. The summed E-state index contributed by atoms with van der Waals surface area (Å²) >= 11 is 0. The Morgan fingerprint density at radius 3 is 1.93 bits per heavy atom. The first-order chi connectivity index (χ1) is 6.64. The summed E-state index contributed by atoms with van der Waals surface area (Å²) in [4.78, 5) is 0. The summed E-state index contributed by atoms with van der Waals surface area (Å²) < 4.78 is 10.8. The molecule has 0 aromatic rings. The first-order valence-corrected chi connectivity index (χ1v) is 12.8. The fraction of sp³-hybridized carbons (Fsp3) is 0.909. The molecule has 0 unspecified atom stereocenters. The van der Waals surface area contributed by atoms with Crippen LogP contribution in [0.25, 0.3) is 0 Å².